The summed E-state index contributed by atoms with van der Waals surface area (Å²) in [5.41, 5.74) is 3.26. The first-order chi connectivity index (χ1) is 12.5. The van der Waals surface area contributed by atoms with Crippen molar-refractivity contribution in [1.82, 2.24) is 4.90 Å². The quantitative estimate of drug-likeness (QED) is 0.236. The van der Waals surface area contributed by atoms with Crippen LogP contribution in [0.3, 0.4) is 0 Å². The molecule has 1 aromatic rings. The molecular weight excluding hydrogens is 336 g/mol. The van der Waals surface area contributed by atoms with Crippen LogP contribution >= 0.6 is 0 Å². The van der Waals surface area contributed by atoms with Gasteiger partial charge in [0, 0.05) is 13.1 Å². The van der Waals surface area contributed by atoms with Crippen LogP contribution in [0.15, 0.2) is 47.1 Å². The molecule has 142 valence electrons. The van der Waals surface area contributed by atoms with Gasteiger partial charge in [-0.2, -0.15) is 0 Å². The van der Waals surface area contributed by atoms with Crippen molar-refractivity contribution in [2.75, 3.05) is 19.6 Å². The molecule has 1 aliphatic heterocycles. The number of hydrogen-bond acceptors (Lipinski definition) is 5. The van der Waals surface area contributed by atoms with E-state index < -0.39 is 11.9 Å². The highest BCUT2D eigenvalue weighted by Crippen LogP contribution is 2.17. The van der Waals surface area contributed by atoms with E-state index >= 15 is 0 Å². The van der Waals surface area contributed by atoms with E-state index in [0.717, 1.165) is 37.1 Å². The first-order valence-corrected chi connectivity index (χ1v) is 8.60. The maximum Gasteiger partial charge on any atom is 0.414 e. The van der Waals surface area contributed by atoms with Gasteiger partial charge in [0.05, 0.1) is 5.71 Å². The molecule has 0 amide bonds. The minimum Gasteiger partial charge on any atom is -0.473 e. The molecule has 2 rings (SSSR count). The topological polar surface area (TPSA) is 110 Å². The van der Waals surface area contributed by atoms with Gasteiger partial charge in [-0.1, -0.05) is 54.1 Å². The van der Waals surface area contributed by atoms with Crippen molar-refractivity contribution >= 4 is 17.7 Å². The lowest BCUT2D eigenvalue weighted by molar-refractivity contribution is -0.159. The van der Waals surface area contributed by atoms with E-state index in [2.05, 4.69) is 23.1 Å². The normalized spacial score (nSPS) is 14.8. The van der Waals surface area contributed by atoms with E-state index in [0.29, 0.717) is 0 Å². The Morgan fingerprint density at radius 3 is 2.35 bits per heavy atom. The summed E-state index contributed by atoms with van der Waals surface area (Å²) in [5.74, 6) is -3.65. The first kappa shape index (κ1) is 21.4. The summed E-state index contributed by atoms with van der Waals surface area (Å²) in [6.45, 7) is 5.65. The molecule has 26 heavy (non-hydrogen) atoms. The summed E-state index contributed by atoms with van der Waals surface area (Å²) in [6.07, 6.45) is 6.49. The van der Waals surface area contributed by atoms with Crippen molar-refractivity contribution < 1.29 is 25.0 Å². The average molecular weight is 362 g/mol. The molecule has 3 N–H and O–H groups in total. The summed E-state index contributed by atoms with van der Waals surface area (Å²) >= 11 is 0. The smallest absolute Gasteiger partial charge is 0.414 e. The molecule has 0 spiro atoms. The SMILES string of the molecule is CCCN1CCC=C(CC/C(=N/O)c2ccccc2)C1.O=C(O)C(=O)O. The molecule has 0 saturated carbocycles. The van der Waals surface area contributed by atoms with Gasteiger partial charge in [-0.3, -0.25) is 4.90 Å². The minimum absolute atomic E-state index is 0.777. The van der Waals surface area contributed by atoms with Crippen LogP contribution in [0.4, 0.5) is 0 Å². The number of hydrogen-bond donors (Lipinski definition) is 3. The number of nitrogens with zero attached hydrogens (tertiary/aromatic N) is 2. The number of aliphatic carboxylic acids is 2. The third-order valence-electron chi connectivity index (χ3n) is 3.94. The van der Waals surface area contributed by atoms with Crippen molar-refractivity contribution in [2.24, 2.45) is 5.16 Å². The fourth-order valence-corrected chi connectivity index (χ4v) is 2.73. The molecule has 7 nitrogen and oxygen atoms in total. The second kappa shape index (κ2) is 11.8. The molecule has 0 fully saturated rings. The molecule has 0 unspecified atom stereocenters. The molecule has 1 aliphatic rings. The average Bonchev–Trinajstić information content (AvgIpc) is 2.64. The van der Waals surface area contributed by atoms with Crippen molar-refractivity contribution in [2.45, 2.75) is 32.6 Å². The van der Waals surface area contributed by atoms with Crippen LogP contribution in [-0.4, -0.2) is 57.6 Å². The van der Waals surface area contributed by atoms with Gasteiger partial charge in [0.25, 0.3) is 0 Å². The minimum atomic E-state index is -1.82. The second-order valence-corrected chi connectivity index (χ2v) is 5.95. The molecule has 0 aliphatic carbocycles. The summed E-state index contributed by atoms with van der Waals surface area (Å²) < 4.78 is 0. The van der Waals surface area contributed by atoms with E-state index in [1.54, 1.807) is 0 Å². The Balaban J connectivity index is 0.000000487. The zero-order chi connectivity index (χ0) is 19.4. The Kier molecular flexibility index (Phi) is 9.71. The predicted octanol–water partition coefficient (Wildman–Crippen LogP) is 2.84. The number of rotatable bonds is 6. The largest absolute Gasteiger partial charge is 0.473 e. The molecule has 0 bridgehead atoms. The van der Waals surface area contributed by atoms with Gasteiger partial charge >= 0.3 is 11.9 Å². The van der Waals surface area contributed by atoms with Crippen molar-refractivity contribution in [1.29, 1.82) is 0 Å². The van der Waals surface area contributed by atoms with E-state index in [9.17, 15) is 5.21 Å². The van der Waals surface area contributed by atoms with E-state index in [1.165, 1.54) is 25.1 Å². The number of benzene rings is 1. The Morgan fingerprint density at radius 1 is 1.15 bits per heavy atom. The fraction of sp³-hybridized carbons (Fsp3) is 0.421. The second-order valence-electron chi connectivity index (χ2n) is 5.95. The van der Waals surface area contributed by atoms with E-state index in [1.807, 2.05) is 30.3 Å². The van der Waals surface area contributed by atoms with Crippen LogP contribution < -0.4 is 0 Å². The third kappa shape index (κ3) is 7.94. The number of oxime groups is 1. The van der Waals surface area contributed by atoms with Crippen LogP contribution in [0.25, 0.3) is 0 Å². The molecule has 0 radical (unpaired) electrons. The Morgan fingerprint density at radius 2 is 1.81 bits per heavy atom. The van der Waals surface area contributed by atoms with Crippen molar-refractivity contribution in [3.8, 4) is 0 Å². The van der Waals surface area contributed by atoms with Gasteiger partial charge in [-0.25, -0.2) is 9.59 Å². The summed E-state index contributed by atoms with van der Waals surface area (Å²) in [5, 5.41) is 27.5. The molecule has 7 heteroatoms. The third-order valence-corrected chi connectivity index (χ3v) is 3.94. The fourth-order valence-electron chi connectivity index (χ4n) is 2.73. The molecule has 1 aromatic carbocycles. The lowest BCUT2D eigenvalue weighted by Gasteiger charge is -2.26. The van der Waals surface area contributed by atoms with E-state index in [-0.39, 0.29) is 0 Å². The Hall–Kier alpha value is -2.67. The molecule has 0 aromatic heterocycles. The van der Waals surface area contributed by atoms with Crippen LogP contribution in [-0.2, 0) is 9.59 Å². The van der Waals surface area contributed by atoms with Crippen LogP contribution in [0, 0.1) is 0 Å². The van der Waals surface area contributed by atoms with Gasteiger partial charge in [-0.05, 0) is 37.8 Å². The molecular formula is C19H26N2O5. The van der Waals surface area contributed by atoms with Gasteiger partial charge < -0.3 is 15.4 Å². The van der Waals surface area contributed by atoms with E-state index in [4.69, 9.17) is 19.8 Å². The molecule has 0 atom stereocenters. The monoisotopic (exact) mass is 362 g/mol. The summed E-state index contributed by atoms with van der Waals surface area (Å²) in [6, 6.07) is 9.92. The maximum atomic E-state index is 9.20. The lowest BCUT2D eigenvalue weighted by atomic mass is 9.99. The zero-order valence-corrected chi connectivity index (χ0v) is 15.0. The van der Waals surface area contributed by atoms with Gasteiger partial charge in [-0.15, -0.1) is 0 Å². The van der Waals surface area contributed by atoms with Gasteiger partial charge in [0.15, 0.2) is 0 Å². The Labute approximate surface area is 153 Å². The highest BCUT2D eigenvalue weighted by molar-refractivity contribution is 6.27. The van der Waals surface area contributed by atoms with Crippen molar-refractivity contribution in [3.05, 3.63) is 47.5 Å². The first-order valence-electron chi connectivity index (χ1n) is 8.60. The van der Waals surface area contributed by atoms with Gasteiger partial charge in [0.1, 0.15) is 0 Å². The highest BCUT2D eigenvalue weighted by atomic mass is 16.4. The molecule has 0 saturated heterocycles. The maximum absolute atomic E-state index is 9.20. The van der Waals surface area contributed by atoms with Crippen LogP contribution in [0.5, 0.6) is 0 Å². The van der Waals surface area contributed by atoms with Crippen LogP contribution in [0.1, 0.15) is 38.2 Å². The number of carbonyl (C=O) groups is 2. The number of carboxylic acid groups (broad SMARTS) is 2. The Bertz CT molecular complexity index is 629. The summed E-state index contributed by atoms with van der Waals surface area (Å²) in [4.78, 5) is 20.7. The van der Waals surface area contributed by atoms with Crippen molar-refractivity contribution in [3.63, 3.8) is 0 Å². The predicted molar refractivity (Wildman–Crippen MR) is 98.7 cm³/mol. The lowest BCUT2D eigenvalue weighted by Crippen LogP contribution is -2.30. The molecule has 1 heterocycles. The zero-order valence-electron chi connectivity index (χ0n) is 15.0. The highest BCUT2D eigenvalue weighted by Gasteiger charge is 2.13. The standard InChI is InChI=1S/C17H24N2O.C2H2O4/c1-2-12-19-13-6-7-15(14-19)10-11-17(18-20)16-8-4-3-5-9-16;3-1(4)2(5)6/h3-5,7-9,20H,2,6,10-14H2,1H3;(H,3,4)(H,5,6)/b18-17-;. The van der Waals surface area contributed by atoms with Crippen LogP contribution in [0.2, 0.25) is 0 Å². The van der Waals surface area contributed by atoms with Gasteiger partial charge in [0.2, 0.25) is 0 Å². The summed E-state index contributed by atoms with van der Waals surface area (Å²) in [7, 11) is 0. The number of carboxylic acids is 2.